The molecule has 0 amide bonds. The Labute approximate surface area is 108 Å². The van der Waals surface area contributed by atoms with Crippen molar-refractivity contribution in [2.24, 2.45) is 5.73 Å². The zero-order valence-electron chi connectivity index (χ0n) is 11.6. The lowest BCUT2D eigenvalue weighted by atomic mass is 9.85. The number of benzene rings is 1. The van der Waals surface area contributed by atoms with Crippen LogP contribution in [0.4, 0.5) is 0 Å². The van der Waals surface area contributed by atoms with Crippen molar-refractivity contribution in [3.05, 3.63) is 29.3 Å². The molecule has 0 aromatic heterocycles. The van der Waals surface area contributed by atoms with E-state index in [0.717, 1.165) is 5.56 Å². The van der Waals surface area contributed by atoms with Gasteiger partial charge in [0.05, 0.1) is 14.2 Å². The van der Waals surface area contributed by atoms with Crippen molar-refractivity contribution in [1.29, 1.82) is 0 Å². The molecule has 1 atom stereocenters. The fourth-order valence-corrected chi connectivity index (χ4v) is 1.70. The molecule has 4 heteroatoms. The minimum atomic E-state index is -0.827. The molecule has 18 heavy (non-hydrogen) atoms. The average Bonchev–Trinajstić information content (AvgIpc) is 2.35. The predicted molar refractivity (Wildman–Crippen MR) is 70.6 cm³/mol. The van der Waals surface area contributed by atoms with Gasteiger partial charge in [-0.2, -0.15) is 0 Å². The molecule has 0 spiro atoms. The summed E-state index contributed by atoms with van der Waals surface area (Å²) >= 11 is 0. The van der Waals surface area contributed by atoms with E-state index in [1.807, 2.05) is 18.2 Å². The van der Waals surface area contributed by atoms with Gasteiger partial charge in [0, 0.05) is 5.56 Å². The molecule has 1 unspecified atom stereocenters. The second kappa shape index (κ2) is 5.40. The Morgan fingerprint density at radius 2 is 1.89 bits per heavy atom. The Hall–Kier alpha value is -1.55. The van der Waals surface area contributed by atoms with E-state index >= 15 is 0 Å². The Morgan fingerprint density at radius 3 is 2.33 bits per heavy atom. The number of methoxy groups -OCH3 is 2. The van der Waals surface area contributed by atoms with Gasteiger partial charge in [-0.15, -0.1) is 0 Å². The zero-order valence-corrected chi connectivity index (χ0v) is 11.6. The Bertz CT molecular complexity index is 435. The summed E-state index contributed by atoms with van der Waals surface area (Å²) in [6.45, 7) is 6.30. The molecule has 1 aromatic rings. The number of rotatable bonds is 3. The van der Waals surface area contributed by atoms with Crippen LogP contribution >= 0.6 is 0 Å². The van der Waals surface area contributed by atoms with Gasteiger partial charge in [-0.05, 0) is 23.1 Å². The van der Waals surface area contributed by atoms with Crippen molar-refractivity contribution in [2.75, 3.05) is 14.2 Å². The van der Waals surface area contributed by atoms with E-state index in [9.17, 15) is 4.79 Å². The Balaban J connectivity index is 3.26. The number of esters is 1. The van der Waals surface area contributed by atoms with Crippen molar-refractivity contribution in [1.82, 2.24) is 0 Å². The van der Waals surface area contributed by atoms with E-state index in [1.165, 1.54) is 7.11 Å². The number of carbonyl (C=O) groups is 1. The van der Waals surface area contributed by atoms with Crippen LogP contribution < -0.4 is 10.5 Å². The van der Waals surface area contributed by atoms with E-state index in [-0.39, 0.29) is 5.41 Å². The van der Waals surface area contributed by atoms with E-state index in [4.69, 9.17) is 10.5 Å². The lowest BCUT2D eigenvalue weighted by Crippen LogP contribution is -2.24. The summed E-state index contributed by atoms with van der Waals surface area (Å²) in [5.41, 5.74) is 7.61. The van der Waals surface area contributed by atoms with Crippen molar-refractivity contribution < 1.29 is 14.3 Å². The first-order valence-electron chi connectivity index (χ1n) is 5.83. The molecule has 1 rings (SSSR count). The van der Waals surface area contributed by atoms with Crippen LogP contribution in [-0.4, -0.2) is 20.2 Å². The molecule has 100 valence electrons. The molecule has 0 aliphatic rings. The van der Waals surface area contributed by atoms with E-state index < -0.39 is 12.0 Å². The molecule has 0 aliphatic carbocycles. The van der Waals surface area contributed by atoms with Gasteiger partial charge >= 0.3 is 5.97 Å². The molecule has 4 nitrogen and oxygen atoms in total. The van der Waals surface area contributed by atoms with Crippen LogP contribution in [0, 0.1) is 0 Å². The summed E-state index contributed by atoms with van der Waals surface area (Å²) in [6.07, 6.45) is 0. The number of carbonyl (C=O) groups excluding carboxylic acids is 1. The monoisotopic (exact) mass is 251 g/mol. The van der Waals surface area contributed by atoms with E-state index in [1.54, 1.807) is 7.11 Å². The topological polar surface area (TPSA) is 61.5 Å². The maximum atomic E-state index is 11.5. The van der Waals surface area contributed by atoms with E-state index in [0.29, 0.717) is 11.3 Å². The Morgan fingerprint density at radius 1 is 1.28 bits per heavy atom. The molecular weight excluding hydrogens is 230 g/mol. The Kier molecular flexibility index (Phi) is 4.35. The average molecular weight is 251 g/mol. The highest BCUT2D eigenvalue weighted by atomic mass is 16.5. The number of ether oxygens (including phenoxy) is 2. The maximum Gasteiger partial charge on any atom is 0.327 e. The van der Waals surface area contributed by atoms with Gasteiger partial charge in [-0.3, -0.25) is 4.79 Å². The van der Waals surface area contributed by atoms with Crippen LogP contribution in [0.5, 0.6) is 5.75 Å². The lowest BCUT2D eigenvalue weighted by molar-refractivity contribution is -0.142. The van der Waals surface area contributed by atoms with Crippen molar-refractivity contribution >= 4 is 5.97 Å². The largest absolute Gasteiger partial charge is 0.496 e. The molecule has 0 fully saturated rings. The number of nitrogens with two attached hydrogens (primary N) is 1. The van der Waals surface area contributed by atoms with Gasteiger partial charge in [-0.1, -0.05) is 26.8 Å². The molecule has 0 radical (unpaired) electrons. The fraction of sp³-hybridized carbons (Fsp3) is 0.500. The third-order valence-corrected chi connectivity index (χ3v) is 2.89. The standard InChI is InChI=1S/C14H21NO3/c1-14(2,3)9-6-7-11(17-4)10(8-9)12(15)13(16)18-5/h6-8,12H,15H2,1-5H3. The second-order valence-electron chi connectivity index (χ2n) is 5.21. The molecular formula is C14H21NO3. The molecule has 0 heterocycles. The first kappa shape index (κ1) is 14.5. The van der Waals surface area contributed by atoms with Crippen LogP contribution in [0.15, 0.2) is 18.2 Å². The van der Waals surface area contributed by atoms with Crippen molar-refractivity contribution in [3.63, 3.8) is 0 Å². The highest BCUT2D eigenvalue weighted by Crippen LogP contribution is 2.31. The summed E-state index contributed by atoms with van der Waals surface area (Å²) < 4.78 is 9.91. The molecule has 0 aliphatic heterocycles. The van der Waals surface area contributed by atoms with Crippen LogP contribution in [0.3, 0.4) is 0 Å². The fourth-order valence-electron chi connectivity index (χ4n) is 1.70. The normalized spacial score (nSPS) is 13.0. The minimum Gasteiger partial charge on any atom is -0.496 e. The summed E-state index contributed by atoms with van der Waals surface area (Å²) in [6, 6.07) is 4.89. The molecule has 0 bridgehead atoms. The van der Waals surface area contributed by atoms with Gasteiger partial charge in [-0.25, -0.2) is 0 Å². The smallest absolute Gasteiger partial charge is 0.327 e. The zero-order chi connectivity index (χ0) is 13.9. The molecule has 1 aromatic carbocycles. The summed E-state index contributed by atoms with van der Waals surface area (Å²) in [5.74, 6) is 0.125. The predicted octanol–water partition coefficient (Wildman–Crippen LogP) is 2.17. The molecule has 0 saturated heterocycles. The van der Waals surface area contributed by atoms with Gasteiger partial charge in [0.25, 0.3) is 0 Å². The second-order valence-corrected chi connectivity index (χ2v) is 5.21. The van der Waals surface area contributed by atoms with Crippen LogP contribution in [0.25, 0.3) is 0 Å². The molecule has 0 saturated carbocycles. The lowest BCUT2D eigenvalue weighted by Gasteiger charge is -2.22. The summed E-state index contributed by atoms with van der Waals surface area (Å²) in [4.78, 5) is 11.5. The van der Waals surface area contributed by atoms with Crippen LogP contribution in [0.1, 0.15) is 37.9 Å². The number of hydrogen-bond acceptors (Lipinski definition) is 4. The van der Waals surface area contributed by atoms with Gasteiger partial charge in [0.2, 0.25) is 0 Å². The SMILES string of the molecule is COC(=O)C(N)c1cc(C(C)(C)C)ccc1OC. The van der Waals surface area contributed by atoms with Crippen molar-refractivity contribution in [3.8, 4) is 5.75 Å². The van der Waals surface area contributed by atoms with Gasteiger partial charge in [0.15, 0.2) is 0 Å². The van der Waals surface area contributed by atoms with Gasteiger partial charge in [0.1, 0.15) is 11.8 Å². The third-order valence-electron chi connectivity index (χ3n) is 2.89. The van der Waals surface area contributed by atoms with Crippen LogP contribution in [-0.2, 0) is 14.9 Å². The maximum absolute atomic E-state index is 11.5. The quantitative estimate of drug-likeness (QED) is 0.836. The van der Waals surface area contributed by atoms with Crippen LogP contribution in [0.2, 0.25) is 0 Å². The summed E-state index contributed by atoms with van der Waals surface area (Å²) in [7, 11) is 2.88. The third kappa shape index (κ3) is 3.01. The minimum absolute atomic E-state index is 0.0170. The van der Waals surface area contributed by atoms with E-state index in [2.05, 4.69) is 25.5 Å². The first-order valence-corrected chi connectivity index (χ1v) is 5.83. The highest BCUT2D eigenvalue weighted by molar-refractivity contribution is 5.78. The number of hydrogen-bond donors (Lipinski definition) is 1. The highest BCUT2D eigenvalue weighted by Gasteiger charge is 2.23. The summed E-state index contributed by atoms with van der Waals surface area (Å²) in [5, 5.41) is 0. The van der Waals surface area contributed by atoms with Gasteiger partial charge < -0.3 is 15.2 Å². The van der Waals surface area contributed by atoms with Crippen molar-refractivity contribution in [2.45, 2.75) is 32.2 Å². The molecule has 2 N–H and O–H groups in total. The first-order chi connectivity index (χ1) is 8.31.